The summed E-state index contributed by atoms with van der Waals surface area (Å²) in [6.07, 6.45) is 3.86. The van der Waals surface area contributed by atoms with Crippen molar-refractivity contribution in [1.29, 1.82) is 0 Å². The molecule has 14 heavy (non-hydrogen) atoms. The lowest BCUT2D eigenvalue weighted by Crippen LogP contribution is -2.24. The van der Waals surface area contributed by atoms with E-state index in [1.54, 1.807) is 17.0 Å². The van der Waals surface area contributed by atoms with E-state index in [1.807, 2.05) is 6.92 Å². The normalized spacial score (nSPS) is 10.1. The van der Waals surface area contributed by atoms with Gasteiger partial charge in [0.15, 0.2) is 5.82 Å². The maximum Gasteiger partial charge on any atom is 0.293 e. The van der Waals surface area contributed by atoms with Gasteiger partial charge in [-0.3, -0.25) is 4.79 Å². The molecule has 0 spiro atoms. The van der Waals surface area contributed by atoms with E-state index in [2.05, 4.69) is 10.3 Å². The minimum Gasteiger partial charge on any atom is -0.396 e. The van der Waals surface area contributed by atoms with E-state index in [4.69, 9.17) is 5.11 Å². The van der Waals surface area contributed by atoms with E-state index < -0.39 is 0 Å². The van der Waals surface area contributed by atoms with E-state index in [-0.39, 0.29) is 12.2 Å². The Balaban J connectivity index is 2.72. The van der Waals surface area contributed by atoms with Gasteiger partial charge in [0.05, 0.1) is 0 Å². The highest BCUT2D eigenvalue weighted by Crippen LogP contribution is 1.92. The van der Waals surface area contributed by atoms with Crippen LogP contribution in [0.25, 0.3) is 0 Å². The maximum atomic E-state index is 11.6. The second-order valence-corrected chi connectivity index (χ2v) is 2.87. The van der Waals surface area contributed by atoms with Gasteiger partial charge in [-0.25, -0.2) is 4.98 Å². The summed E-state index contributed by atoms with van der Waals surface area (Å²) < 4.78 is 1.58. The third-order valence-electron chi connectivity index (χ3n) is 1.88. The minimum absolute atomic E-state index is 0.113. The Labute approximate surface area is 82.4 Å². The van der Waals surface area contributed by atoms with Gasteiger partial charge in [-0.2, -0.15) is 0 Å². The summed E-state index contributed by atoms with van der Waals surface area (Å²) in [5, 5.41) is 11.5. The van der Waals surface area contributed by atoms with Crippen LogP contribution >= 0.6 is 0 Å². The van der Waals surface area contributed by atoms with Gasteiger partial charge in [0.1, 0.15) is 0 Å². The highest BCUT2D eigenvalue weighted by atomic mass is 16.3. The summed E-state index contributed by atoms with van der Waals surface area (Å²) >= 11 is 0. The molecule has 1 heterocycles. The van der Waals surface area contributed by atoms with E-state index >= 15 is 0 Å². The van der Waals surface area contributed by atoms with Gasteiger partial charge >= 0.3 is 0 Å². The van der Waals surface area contributed by atoms with E-state index in [0.29, 0.717) is 25.3 Å². The Morgan fingerprint density at radius 2 is 2.43 bits per heavy atom. The Hall–Kier alpha value is -1.36. The molecule has 5 nitrogen and oxygen atoms in total. The van der Waals surface area contributed by atoms with Crippen LogP contribution in [0, 0.1) is 0 Å². The average Bonchev–Trinajstić information content (AvgIpc) is 2.21. The molecule has 2 N–H and O–H groups in total. The van der Waals surface area contributed by atoms with Crippen molar-refractivity contribution in [2.24, 2.45) is 0 Å². The molecule has 0 saturated heterocycles. The van der Waals surface area contributed by atoms with Crippen molar-refractivity contribution in [3.63, 3.8) is 0 Å². The Kier molecular flexibility index (Phi) is 4.12. The Bertz CT molecular complexity index is 335. The molecule has 0 aromatic carbocycles. The number of aromatic nitrogens is 2. The van der Waals surface area contributed by atoms with Crippen molar-refractivity contribution in [2.75, 3.05) is 18.5 Å². The van der Waals surface area contributed by atoms with Gasteiger partial charge in [0.2, 0.25) is 0 Å². The molecule has 0 bridgehead atoms. The largest absolute Gasteiger partial charge is 0.396 e. The number of aliphatic hydroxyl groups excluding tert-OH is 1. The fourth-order valence-electron chi connectivity index (χ4n) is 1.10. The smallest absolute Gasteiger partial charge is 0.293 e. The standard InChI is InChI=1S/C9H15N3O2/c1-2-12-6-5-11-8(9(12)14)10-4-3-7-13/h5-6,13H,2-4,7H2,1H3,(H,10,11). The molecule has 0 aliphatic carbocycles. The second-order valence-electron chi connectivity index (χ2n) is 2.87. The minimum atomic E-state index is -0.118. The predicted molar refractivity (Wildman–Crippen MR) is 54.4 cm³/mol. The van der Waals surface area contributed by atoms with Crippen molar-refractivity contribution in [3.05, 3.63) is 22.7 Å². The molecule has 0 unspecified atom stereocenters. The SMILES string of the molecule is CCn1ccnc(NCCCO)c1=O. The van der Waals surface area contributed by atoms with Crippen molar-refractivity contribution in [2.45, 2.75) is 19.9 Å². The first-order chi connectivity index (χ1) is 6.79. The molecule has 0 saturated carbocycles. The molecule has 0 radical (unpaired) electrons. The zero-order chi connectivity index (χ0) is 10.4. The first-order valence-corrected chi connectivity index (χ1v) is 4.69. The van der Waals surface area contributed by atoms with E-state index in [9.17, 15) is 4.79 Å². The summed E-state index contributed by atoms with van der Waals surface area (Å²) in [7, 11) is 0. The summed E-state index contributed by atoms with van der Waals surface area (Å²) in [5.41, 5.74) is -0.118. The second kappa shape index (κ2) is 5.39. The highest BCUT2D eigenvalue weighted by molar-refractivity contribution is 5.30. The Morgan fingerprint density at radius 3 is 3.07 bits per heavy atom. The van der Waals surface area contributed by atoms with Crippen LogP contribution in [0.2, 0.25) is 0 Å². The van der Waals surface area contributed by atoms with Crippen LogP contribution in [0.4, 0.5) is 5.82 Å². The molecule has 0 aliphatic heterocycles. The van der Waals surface area contributed by atoms with Gasteiger partial charge in [0.25, 0.3) is 5.56 Å². The Morgan fingerprint density at radius 1 is 1.64 bits per heavy atom. The molecule has 0 amide bonds. The van der Waals surface area contributed by atoms with Crippen LogP contribution in [0.3, 0.4) is 0 Å². The molecule has 0 fully saturated rings. The summed E-state index contributed by atoms with van der Waals surface area (Å²) in [4.78, 5) is 15.5. The van der Waals surface area contributed by atoms with Crippen LogP contribution in [0.1, 0.15) is 13.3 Å². The van der Waals surface area contributed by atoms with Crippen LogP contribution in [-0.2, 0) is 6.54 Å². The third kappa shape index (κ3) is 2.56. The number of aryl methyl sites for hydroxylation is 1. The number of hydrogen-bond acceptors (Lipinski definition) is 4. The maximum absolute atomic E-state index is 11.6. The van der Waals surface area contributed by atoms with Crippen molar-refractivity contribution < 1.29 is 5.11 Å². The number of anilines is 1. The van der Waals surface area contributed by atoms with Crippen LogP contribution in [0.5, 0.6) is 0 Å². The fourth-order valence-corrected chi connectivity index (χ4v) is 1.10. The van der Waals surface area contributed by atoms with Gasteiger partial charge in [-0.15, -0.1) is 0 Å². The molecule has 78 valence electrons. The van der Waals surface area contributed by atoms with Crippen LogP contribution in [-0.4, -0.2) is 27.8 Å². The molecule has 0 aliphatic rings. The quantitative estimate of drug-likeness (QED) is 0.655. The summed E-state index contributed by atoms with van der Waals surface area (Å²) in [5.74, 6) is 0.350. The zero-order valence-electron chi connectivity index (χ0n) is 8.23. The highest BCUT2D eigenvalue weighted by Gasteiger charge is 2.01. The molecule has 1 rings (SSSR count). The van der Waals surface area contributed by atoms with Gasteiger partial charge in [-0.05, 0) is 13.3 Å². The van der Waals surface area contributed by atoms with Crippen molar-refractivity contribution >= 4 is 5.82 Å². The number of rotatable bonds is 5. The third-order valence-corrected chi connectivity index (χ3v) is 1.88. The molecule has 1 aromatic rings. The lowest BCUT2D eigenvalue weighted by Gasteiger charge is -2.05. The first-order valence-electron chi connectivity index (χ1n) is 4.69. The number of nitrogens with one attached hydrogen (secondary N) is 1. The van der Waals surface area contributed by atoms with Gasteiger partial charge in [-0.1, -0.05) is 0 Å². The lowest BCUT2D eigenvalue weighted by molar-refractivity contribution is 0.292. The molecule has 0 atom stereocenters. The van der Waals surface area contributed by atoms with Gasteiger partial charge < -0.3 is 15.0 Å². The molecular formula is C9H15N3O2. The molecule has 1 aromatic heterocycles. The average molecular weight is 197 g/mol. The lowest BCUT2D eigenvalue weighted by atomic mass is 10.4. The van der Waals surface area contributed by atoms with Crippen molar-refractivity contribution in [3.8, 4) is 0 Å². The summed E-state index contributed by atoms with van der Waals surface area (Å²) in [6.45, 7) is 3.21. The number of nitrogens with zero attached hydrogens (tertiary/aromatic N) is 2. The molecular weight excluding hydrogens is 182 g/mol. The first kappa shape index (κ1) is 10.7. The van der Waals surface area contributed by atoms with Crippen LogP contribution in [0.15, 0.2) is 17.2 Å². The van der Waals surface area contributed by atoms with Gasteiger partial charge in [0, 0.05) is 32.1 Å². The van der Waals surface area contributed by atoms with Crippen molar-refractivity contribution in [1.82, 2.24) is 9.55 Å². The molecule has 5 heteroatoms. The number of aliphatic hydroxyl groups is 1. The number of hydrogen-bond donors (Lipinski definition) is 2. The van der Waals surface area contributed by atoms with E-state index in [1.165, 1.54) is 0 Å². The summed E-state index contributed by atoms with van der Waals surface area (Å²) in [6, 6.07) is 0. The van der Waals surface area contributed by atoms with E-state index in [0.717, 1.165) is 0 Å². The zero-order valence-corrected chi connectivity index (χ0v) is 8.23. The topological polar surface area (TPSA) is 67.2 Å². The van der Waals surface area contributed by atoms with Crippen LogP contribution < -0.4 is 10.9 Å². The predicted octanol–water partition coefficient (Wildman–Crippen LogP) is 0.0575. The fraction of sp³-hybridized carbons (Fsp3) is 0.556. The monoisotopic (exact) mass is 197 g/mol.